The van der Waals surface area contributed by atoms with Gasteiger partial charge in [-0.3, -0.25) is 0 Å². The highest BCUT2D eigenvalue weighted by atomic mass is 16.1. The fourth-order valence-electron chi connectivity index (χ4n) is 2.15. The van der Waals surface area contributed by atoms with E-state index in [2.05, 4.69) is 39.8 Å². The molecule has 0 amide bonds. The van der Waals surface area contributed by atoms with E-state index >= 15 is 0 Å². The first-order valence-corrected chi connectivity index (χ1v) is 7.70. The van der Waals surface area contributed by atoms with Crippen molar-refractivity contribution in [2.24, 2.45) is 5.92 Å². The van der Waals surface area contributed by atoms with E-state index in [1.165, 1.54) is 43.3 Å². The molecule has 1 atom stereocenters. The van der Waals surface area contributed by atoms with Crippen LogP contribution in [0.25, 0.3) is 0 Å². The van der Waals surface area contributed by atoms with Gasteiger partial charge < -0.3 is 4.79 Å². The summed E-state index contributed by atoms with van der Waals surface area (Å²) in [6, 6.07) is 0. The minimum atomic E-state index is 0.289. The van der Waals surface area contributed by atoms with Gasteiger partial charge in [0.2, 0.25) is 0 Å². The lowest BCUT2D eigenvalue weighted by atomic mass is 9.96. The zero-order valence-electron chi connectivity index (χ0n) is 13.6. The van der Waals surface area contributed by atoms with Crippen molar-refractivity contribution in [2.75, 3.05) is 0 Å². The van der Waals surface area contributed by atoms with Crippen molar-refractivity contribution >= 4 is 5.78 Å². The summed E-state index contributed by atoms with van der Waals surface area (Å²) in [5.74, 6) is 1.11. The maximum atomic E-state index is 10.8. The van der Waals surface area contributed by atoms with Gasteiger partial charge in [0.1, 0.15) is 5.78 Å². The van der Waals surface area contributed by atoms with Crippen LogP contribution < -0.4 is 0 Å². The van der Waals surface area contributed by atoms with Crippen LogP contribution in [0.5, 0.6) is 0 Å². The number of allylic oxidation sites excluding steroid dienone is 4. The van der Waals surface area contributed by atoms with E-state index in [1.54, 1.807) is 6.92 Å². The maximum Gasteiger partial charge on any atom is 0.130 e. The Kier molecular flexibility index (Phi) is 10.5. The minimum absolute atomic E-state index is 0.289. The second-order valence-electron chi connectivity index (χ2n) is 6.15. The molecule has 1 unspecified atom stereocenters. The lowest BCUT2D eigenvalue weighted by Crippen LogP contribution is -1.94. The normalized spacial score (nSPS) is 13.2. The van der Waals surface area contributed by atoms with E-state index in [4.69, 9.17) is 0 Å². The molecular formula is C18H32O. The molecule has 0 radical (unpaired) electrons. The molecule has 0 spiro atoms. The number of carbonyl (C=O) groups excluding carboxylic acids is 1. The van der Waals surface area contributed by atoms with Crippen LogP contribution in [0.15, 0.2) is 23.3 Å². The molecule has 0 aliphatic carbocycles. The van der Waals surface area contributed by atoms with Gasteiger partial charge in [0.05, 0.1) is 0 Å². The Morgan fingerprint density at radius 2 is 1.63 bits per heavy atom. The van der Waals surface area contributed by atoms with Gasteiger partial charge in [-0.2, -0.15) is 0 Å². The molecule has 0 rings (SSSR count). The second kappa shape index (κ2) is 11.0. The number of hydrogen-bond acceptors (Lipinski definition) is 1. The van der Waals surface area contributed by atoms with Crippen LogP contribution >= 0.6 is 0 Å². The van der Waals surface area contributed by atoms with Gasteiger partial charge in [0, 0.05) is 6.42 Å². The first kappa shape index (κ1) is 18.1. The molecule has 0 aromatic carbocycles. The molecule has 1 nitrogen and oxygen atoms in total. The molecule has 0 aromatic rings. The van der Waals surface area contributed by atoms with Gasteiger partial charge >= 0.3 is 0 Å². The summed E-state index contributed by atoms with van der Waals surface area (Å²) >= 11 is 0. The van der Waals surface area contributed by atoms with E-state index in [1.807, 2.05) is 0 Å². The maximum absolute atomic E-state index is 10.8. The first-order valence-electron chi connectivity index (χ1n) is 7.70. The monoisotopic (exact) mass is 264 g/mol. The van der Waals surface area contributed by atoms with Crippen LogP contribution in [0.3, 0.4) is 0 Å². The summed E-state index contributed by atoms with van der Waals surface area (Å²) in [4.78, 5) is 10.8. The third-order valence-corrected chi connectivity index (χ3v) is 3.47. The van der Waals surface area contributed by atoms with E-state index in [0.29, 0.717) is 6.42 Å². The molecule has 0 aliphatic rings. The molecule has 0 heterocycles. The third kappa shape index (κ3) is 13.4. The van der Waals surface area contributed by atoms with Crippen LogP contribution in [0, 0.1) is 5.92 Å². The summed E-state index contributed by atoms with van der Waals surface area (Å²) in [6.07, 6.45) is 12.5. The summed E-state index contributed by atoms with van der Waals surface area (Å²) in [7, 11) is 0. The summed E-state index contributed by atoms with van der Waals surface area (Å²) in [5, 5.41) is 0. The van der Waals surface area contributed by atoms with Crippen molar-refractivity contribution in [3.8, 4) is 0 Å². The molecule has 0 saturated carbocycles. The Morgan fingerprint density at radius 3 is 2.21 bits per heavy atom. The zero-order valence-corrected chi connectivity index (χ0v) is 13.6. The highest BCUT2D eigenvalue weighted by molar-refractivity contribution is 5.75. The van der Waals surface area contributed by atoms with Crippen LogP contribution in [-0.4, -0.2) is 5.78 Å². The second-order valence-corrected chi connectivity index (χ2v) is 6.15. The molecule has 0 bridgehead atoms. The number of ketones is 1. The van der Waals surface area contributed by atoms with Crippen molar-refractivity contribution in [3.05, 3.63) is 23.3 Å². The average molecular weight is 264 g/mol. The zero-order chi connectivity index (χ0) is 14.7. The third-order valence-electron chi connectivity index (χ3n) is 3.47. The molecule has 0 fully saturated rings. The Hall–Kier alpha value is -0.850. The van der Waals surface area contributed by atoms with Gasteiger partial charge in [0.15, 0.2) is 0 Å². The van der Waals surface area contributed by atoms with Crippen LogP contribution in [0.2, 0.25) is 0 Å². The predicted octanol–water partition coefficient (Wildman–Crippen LogP) is 5.85. The van der Waals surface area contributed by atoms with Gasteiger partial charge in [-0.1, -0.05) is 36.6 Å². The summed E-state index contributed by atoms with van der Waals surface area (Å²) < 4.78 is 0. The first-order chi connectivity index (χ1) is 8.91. The molecule has 0 aromatic heterocycles. The van der Waals surface area contributed by atoms with Crippen molar-refractivity contribution < 1.29 is 4.79 Å². The molecular weight excluding hydrogens is 232 g/mol. The number of rotatable bonds is 10. The minimum Gasteiger partial charge on any atom is -0.300 e. The highest BCUT2D eigenvalue weighted by Crippen LogP contribution is 2.17. The van der Waals surface area contributed by atoms with E-state index in [9.17, 15) is 4.79 Å². The van der Waals surface area contributed by atoms with Crippen LogP contribution in [-0.2, 0) is 4.79 Å². The van der Waals surface area contributed by atoms with Gasteiger partial charge in [0.25, 0.3) is 0 Å². The summed E-state index contributed by atoms with van der Waals surface area (Å²) in [6.45, 7) is 10.5. The standard InChI is InChI=1S/C18H32O/c1-15(2)9-6-10-16(3)11-7-12-17(4)13-8-14-18(5)19/h9,13,16H,6-8,10-12,14H2,1-5H3. The van der Waals surface area contributed by atoms with E-state index in [-0.39, 0.29) is 5.78 Å². The molecule has 19 heavy (non-hydrogen) atoms. The molecule has 1 heteroatoms. The van der Waals surface area contributed by atoms with Gasteiger partial charge in [-0.15, -0.1) is 0 Å². The van der Waals surface area contributed by atoms with E-state index in [0.717, 1.165) is 12.3 Å². The topological polar surface area (TPSA) is 17.1 Å². The lowest BCUT2D eigenvalue weighted by molar-refractivity contribution is -0.116. The van der Waals surface area contributed by atoms with Crippen molar-refractivity contribution in [2.45, 2.75) is 79.6 Å². The summed E-state index contributed by atoms with van der Waals surface area (Å²) in [5.41, 5.74) is 2.87. The number of Topliss-reactive ketones (excluding diaryl/α,β-unsaturated/α-hetero) is 1. The molecule has 0 saturated heterocycles. The molecule has 0 N–H and O–H groups in total. The number of hydrogen-bond donors (Lipinski definition) is 0. The SMILES string of the molecule is CC(=O)CCC=C(C)CCCC(C)CCC=C(C)C. The van der Waals surface area contributed by atoms with E-state index < -0.39 is 0 Å². The quantitative estimate of drug-likeness (QED) is 0.452. The van der Waals surface area contributed by atoms with Crippen LogP contribution in [0.4, 0.5) is 0 Å². The van der Waals surface area contributed by atoms with Crippen LogP contribution in [0.1, 0.15) is 79.6 Å². The Morgan fingerprint density at radius 1 is 0.947 bits per heavy atom. The number of carbonyl (C=O) groups is 1. The Labute approximate surface area is 120 Å². The fourth-order valence-corrected chi connectivity index (χ4v) is 2.15. The smallest absolute Gasteiger partial charge is 0.130 e. The van der Waals surface area contributed by atoms with Gasteiger partial charge in [-0.05, 0) is 65.7 Å². The lowest BCUT2D eigenvalue weighted by Gasteiger charge is -2.10. The van der Waals surface area contributed by atoms with Crippen molar-refractivity contribution in [1.82, 2.24) is 0 Å². The Bertz CT molecular complexity index is 306. The largest absolute Gasteiger partial charge is 0.300 e. The fraction of sp³-hybridized carbons (Fsp3) is 0.722. The van der Waals surface area contributed by atoms with Crippen molar-refractivity contribution in [3.63, 3.8) is 0 Å². The average Bonchev–Trinajstić information content (AvgIpc) is 2.27. The Balaban J connectivity index is 3.65. The molecule has 0 aliphatic heterocycles. The predicted molar refractivity (Wildman–Crippen MR) is 85.4 cm³/mol. The highest BCUT2D eigenvalue weighted by Gasteiger charge is 2.01. The van der Waals surface area contributed by atoms with Gasteiger partial charge in [-0.25, -0.2) is 0 Å². The molecule has 110 valence electrons. The van der Waals surface area contributed by atoms with Crippen molar-refractivity contribution in [1.29, 1.82) is 0 Å².